The highest BCUT2D eigenvalue weighted by Crippen LogP contribution is 2.19. The second-order valence-corrected chi connectivity index (χ2v) is 9.78. The Hall–Kier alpha value is -2.08. The first-order valence-electron chi connectivity index (χ1n) is 11.8. The molecule has 0 aliphatic carbocycles. The molecule has 176 valence electrons. The van der Waals surface area contributed by atoms with Crippen LogP contribution in [0.1, 0.15) is 55.2 Å². The number of rotatable bonds is 14. The first kappa shape index (κ1) is 25.5. The molecule has 0 amide bonds. The lowest BCUT2D eigenvalue weighted by Gasteiger charge is -2.13. The van der Waals surface area contributed by atoms with Crippen LogP contribution in [0.15, 0.2) is 70.7 Å². The minimum atomic E-state index is -0.170. The summed E-state index contributed by atoms with van der Waals surface area (Å²) in [5.41, 5.74) is 2.93. The van der Waals surface area contributed by atoms with E-state index in [0.717, 1.165) is 29.2 Å². The quantitative estimate of drug-likeness (QED) is 0.169. The number of thioether (sulfide) groups is 1. The number of nitrogens with zero attached hydrogens (tertiary/aromatic N) is 2. The summed E-state index contributed by atoms with van der Waals surface area (Å²) in [6.07, 6.45) is 10.8. The van der Waals surface area contributed by atoms with E-state index in [2.05, 4.69) is 17.1 Å². The number of aryl methyl sites for hydroxylation is 1. The minimum Gasteiger partial charge on any atom is -0.395 e. The van der Waals surface area contributed by atoms with E-state index in [1.165, 1.54) is 37.7 Å². The number of halogens is 1. The van der Waals surface area contributed by atoms with Gasteiger partial charge in [0.2, 0.25) is 0 Å². The summed E-state index contributed by atoms with van der Waals surface area (Å²) in [7, 11) is 0. The van der Waals surface area contributed by atoms with Gasteiger partial charge in [0.1, 0.15) is 0 Å². The van der Waals surface area contributed by atoms with Crippen LogP contribution in [-0.2, 0) is 19.4 Å². The Morgan fingerprint density at radius 1 is 0.879 bits per heavy atom. The molecule has 0 unspecified atom stereocenters. The molecule has 0 radical (unpaired) electrons. The molecule has 6 heteroatoms. The van der Waals surface area contributed by atoms with Gasteiger partial charge in [-0.2, -0.15) is 4.98 Å². The number of hydrogen-bond donors (Lipinski definition) is 1. The number of aromatic nitrogens is 2. The normalized spacial score (nSPS) is 11.1. The molecule has 0 aliphatic heterocycles. The predicted octanol–water partition coefficient (Wildman–Crippen LogP) is 6.16. The van der Waals surface area contributed by atoms with Crippen molar-refractivity contribution in [3.05, 3.63) is 92.9 Å². The van der Waals surface area contributed by atoms with E-state index < -0.39 is 0 Å². The molecular formula is C27H33ClN2O2S. The van der Waals surface area contributed by atoms with Gasteiger partial charge in [0, 0.05) is 35.5 Å². The highest BCUT2D eigenvalue weighted by molar-refractivity contribution is 7.99. The third-order valence-corrected chi connectivity index (χ3v) is 6.94. The van der Waals surface area contributed by atoms with Crippen molar-refractivity contribution in [2.75, 3.05) is 12.4 Å². The summed E-state index contributed by atoms with van der Waals surface area (Å²) >= 11 is 7.54. The fourth-order valence-corrected chi connectivity index (χ4v) is 4.91. The van der Waals surface area contributed by atoms with Gasteiger partial charge in [0.25, 0.3) is 5.56 Å². The molecule has 33 heavy (non-hydrogen) atoms. The van der Waals surface area contributed by atoms with Crippen molar-refractivity contribution < 1.29 is 5.11 Å². The molecular weight excluding hydrogens is 452 g/mol. The van der Waals surface area contributed by atoms with Gasteiger partial charge in [0.15, 0.2) is 5.16 Å². The van der Waals surface area contributed by atoms with Crippen LogP contribution in [0.3, 0.4) is 0 Å². The van der Waals surface area contributed by atoms with Crippen molar-refractivity contribution in [1.29, 1.82) is 0 Å². The van der Waals surface area contributed by atoms with Crippen molar-refractivity contribution in [3.8, 4) is 0 Å². The lowest BCUT2D eigenvalue weighted by atomic mass is 10.1. The summed E-state index contributed by atoms with van der Waals surface area (Å²) in [4.78, 5) is 16.9. The van der Waals surface area contributed by atoms with E-state index >= 15 is 0 Å². The summed E-state index contributed by atoms with van der Waals surface area (Å²) in [5.74, 6) is 0.931. The Balaban J connectivity index is 1.38. The number of aliphatic hydroxyl groups excluding tert-OH is 1. The van der Waals surface area contributed by atoms with Gasteiger partial charge in [-0.15, -0.1) is 0 Å². The minimum absolute atomic E-state index is 0.0267. The van der Waals surface area contributed by atoms with Gasteiger partial charge in [-0.1, -0.05) is 91.5 Å². The molecule has 0 saturated heterocycles. The smallest absolute Gasteiger partial charge is 0.277 e. The first-order chi connectivity index (χ1) is 16.2. The summed E-state index contributed by atoms with van der Waals surface area (Å²) < 4.78 is 1.92. The molecule has 0 saturated carbocycles. The Bertz CT molecular complexity index is 1020. The van der Waals surface area contributed by atoms with Crippen molar-refractivity contribution in [1.82, 2.24) is 9.55 Å². The van der Waals surface area contributed by atoms with E-state index in [4.69, 9.17) is 11.6 Å². The van der Waals surface area contributed by atoms with Gasteiger partial charge >= 0.3 is 0 Å². The second kappa shape index (κ2) is 14.2. The van der Waals surface area contributed by atoms with Gasteiger partial charge in [-0.25, -0.2) is 0 Å². The third kappa shape index (κ3) is 9.00. The maximum absolute atomic E-state index is 12.5. The van der Waals surface area contributed by atoms with Gasteiger partial charge in [0.05, 0.1) is 6.61 Å². The molecule has 0 atom stereocenters. The lowest BCUT2D eigenvalue weighted by Crippen LogP contribution is -2.20. The lowest BCUT2D eigenvalue weighted by molar-refractivity contribution is 0.269. The first-order valence-corrected chi connectivity index (χ1v) is 13.1. The molecule has 0 bridgehead atoms. The van der Waals surface area contributed by atoms with Gasteiger partial charge in [-0.3, -0.25) is 4.79 Å². The van der Waals surface area contributed by atoms with E-state index in [-0.39, 0.29) is 12.2 Å². The van der Waals surface area contributed by atoms with Crippen LogP contribution < -0.4 is 5.56 Å². The fraction of sp³-hybridized carbons (Fsp3) is 0.407. The Labute approximate surface area is 206 Å². The Kier molecular flexibility index (Phi) is 11.0. The number of benzene rings is 2. The third-order valence-electron chi connectivity index (χ3n) is 5.61. The van der Waals surface area contributed by atoms with Crippen molar-refractivity contribution in [3.63, 3.8) is 0 Å². The highest BCUT2D eigenvalue weighted by atomic mass is 35.5. The molecule has 1 aromatic heterocycles. The average Bonchev–Trinajstić information content (AvgIpc) is 2.82. The molecule has 1 heterocycles. The molecule has 4 nitrogen and oxygen atoms in total. The number of unbranched alkanes of at least 4 members (excludes halogenated alkanes) is 5. The summed E-state index contributed by atoms with van der Waals surface area (Å²) in [6, 6.07) is 18.1. The van der Waals surface area contributed by atoms with Crippen LogP contribution in [0.25, 0.3) is 0 Å². The van der Waals surface area contributed by atoms with E-state index in [1.807, 2.05) is 53.2 Å². The van der Waals surface area contributed by atoms with E-state index in [0.29, 0.717) is 23.7 Å². The van der Waals surface area contributed by atoms with Crippen LogP contribution in [0.5, 0.6) is 0 Å². The fourth-order valence-electron chi connectivity index (χ4n) is 3.79. The number of hydrogen-bond acceptors (Lipinski definition) is 4. The molecule has 0 fully saturated rings. The van der Waals surface area contributed by atoms with Crippen molar-refractivity contribution >= 4 is 23.4 Å². The molecule has 0 spiro atoms. The number of aliphatic hydroxyl groups is 1. The highest BCUT2D eigenvalue weighted by Gasteiger charge is 2.10. The van der Waals surface area contributed by atoms with Crippen LogP contribution in [0, 0.1) is 0 Å². The second-order valence-electron chi connectivity index (χ2n) is 8.28. The van der Waals surface area contributed by atoms with Gasteiger partial charge < -0.3 is 9.67 Å². The van der Waals surface area contributed by atoms with Crippen molar-refractivity contribution in [2.45, 2.75) is 63.1 Å². The SMILES string of the molecule is O=c1nc(SCCCCCCCCc2ccc(Cl)cc2)n(CCO)cc1Cc1ccccc1. The van der Waals surface area contributed by atoms with Crippen LogP contribution >= 0.6 is 23.4 Å². The van der Waals surface area contributed by atoms with Crippen LogP contribution in [0.2, 0.25) is 5.02 Å². The zero-order valence-electron chi connectivity index (χ0n) is 19.1. The predicted molar refractivity (Wildman–Crippen MR) is 138 cm³/mol. The van der Waals surface area contributed by atoms with E-state index in [1.54, 1.807) is 11.8 Å². The topological polar surface area (TPSA) is 55.1 Å². The van der Waals surface area contributed by atoms with Crippen LogP contribution in [-0.4, -0.2) is 27.0 Å². The molecule has 1 N–H and O–H groups in total. The standard InChI is InChI=1S/C27H33ClN2O2S/c28-25-15-13-22(14-16-25)10-6-3-1-2-4-9-19-33-27-29-26(32)24(21-30(27)17-18-31)20-23-11-7-5-8-12-23/h5,7-8,11-16,21,31H,1-4,6,9-10,17-20H2. The molecule has 2 aromatic carbocycles. The van der Waals surface area contributed by atoms with Gasteiger partial charge in [-0.05, 0) is 42.5 Å². The largest absolute Gasteiger partial charge is 0.395 e. The summed E-state index contributed by atoms with van der Waals surface area (Å²) in [5, 5.41) is 10.9. The maximum atomic E-state index is 12.5. The van der Waals surface area contributed by atoms with Crippen molar-refractivity contribution in [2.24, 2.45) is 0 Å². The monoisotopic (exact) mass is 484 g/mol. The molecule has 3 aromatic rings. The molecule has 3 rings (SSSR count). The summed E-state index contributed by atoms with van der Waals surface area (Å²) in [6.45, 7) is 0.476. The average molecular weight is 485 g/mol. The Morgan fingerprint density at radius 3 is 2.30 bits per heavy atom. The Morgan fingerprint density at radius 2 is 1.58 bits per heavy atom. The zero-order chi connectivity index (χ0) is 23.3. The maximum Gasteiger partial charge on any atom is 0.277 e. The zero-order valence-corrected chi connectivity index (χ0v) is 20.7. The van der Waals surface area contributed by atoms with Crippen LogP contribution in [0.4, 0.5) is 0 Å². The van der Waals surface area contributed by atoms with E-state index in [9.17, 15) is 9.90 Å². The molecule has 0 aliphatic rings.